The number of hydrogen-bond donors (Lipinski definition) is 1. The topological polar surface area (TPSA) is 52.0 Å². The summed E-state index contributed by atoms with van der Waals surface area (Å²) in [5, 5.41) is 3.97. The van der Waals surface area contributed by atoms with Crippen molar-refractivity contribution in [1.82, 2.24) is 5.16 Å². The van der Waals surface area contributed by atoms with Crippen molar-refractivity contribution in [2.75, 3.05) is 5.73 Å². The van der Waals surface area contributed by atoms with Gasteiger partial charge in [-0.1, -0.05) is 12.1 Å². The lowest BCUT2D eigenvalue weighted by molar-refractivity contribution is 0.417. The van der Waals surface area contributed by atoms with Gasteiger partial charge in [0.1, 0.15) is 11.6 Å². The third kappa shape index (κ3) is 2.20. The highest BCUT2D eigenvalue weighted by molar-refractivity contribution is 5.75. The Labute approximate surface area is 109 Å². The van der Waals surface area contributed by atoms with E-state index in [1.807, 2.05) is 6.92 Å². The van der Waals surface area contributed by atoms with E-state index in [2.05, 4.69) is 5.16 Å². The molecule has 19 heavy (non-hydrogen) atoms. The number of benzene rings is 1. The summed E-state index contributed by atoms with van der Waals surface area (Å²) in [6.45, 7) is 2.04. The first-order valence-electron chi connectivity index (χ1n) is 6.27. The second-order valence-electron chi connectivity index (χ2n) is 5.09. The van der Waals surface area contributed by atoms with Crippen LogP contribution in [-0.2, 0) is 0 Å². The predicted molar refractivity (Wildman–Crippen MR) is 67.4 cm³/mol. The van der Waals surface area contributed by atoms with Crippen LogP contribution in [-0.4, -0.2) is 5.16 Å². The zero-order valence-corrected chi connectivity index (χ0v) is 10.5. The van der Waals surface area contributed by atoms with Crippen LogP contribution in [0, 0.1) is 17.6 Å². The van der Waals surface area contributed by atoms with E-state index in [0.717, 1.165) is 18.9 Å². The molecule has 2 N–H and O–H groups in total. The molecular weight excluding hydrogens is 250 g/mol. The summed E-state index contributed by atoms with van der Waals surface area (Å²) in [5.74, 6) is -0.433. The second-order valence-corrected chi connectivity index (χ2v) is 5.09. The van der Waals surface area contributed by atoms with Crippen molar-refractivity contribution in [2.45, 2.75) is 25.7 Å². The number of hydrogen-bond acceptors (Lipinski definition) is 3. The Balaban J connectivity index is 2.10. The molecule has 0 bridgehead atoms. The summed E-state index contributed by atoms with van der Waals surface area (Å²) in [6.07, 6.45) is 2.29. The SMILES string of the molecule is CC(c1noc(N)c1-c1cc(F)cc(F)c1)C1CC1. The van der Waals surface area contributed by atoms with Gasteiger partial charge in [0.2, 0.25) is 5.88 Å². The van der Waals surface area contributed by atoms with E-state index < -0.39 is 11.6 Å². The average Bonchev–Trinajstić information content (AvgIpc) is 3.10. The third-order valence-corrected chi connectivity index (χ3v) is 3.66. The molecule has 1 fully saturated rings. The van der Waals surface area contributed by atoms with E-state index in [1.54, 1.807) is 0 Å². The van der Waals surface area contributed by atoms with E-state index in [-0.39, 0.29) is 11.8 Å². The molecule has 1 aliphatic rings. The van der Waals surface area contributed by atoms with Gasteiger partial charge < -0.3 is 10.3 Å². The maximum absolute atomic E-state index is 13.3. The molecule has 0 radical (unpaired) electrons. The number of nitrogens with zero attached hydrogens (tertiary/aromatic N) is 1. The summed E-state index contributed by atoms with van der Waals surface area (Å²) < 4.78 is 31.7. The van der Waals surface area contributed by atoms with Crippen LogP contribution in [0.1, 0.15) is 31.4 Å². The third-order valence-electron chi connectivity index (χ3n) is 3.66. The highest BCUT2D eigenvalue weighted by Gasteiger charge is 2.33. The monoisotopic (exact) mass is 264 g/mol. The summed E-state index contributed by atoms with van der Waals surface area (Å²) in [4.78, 5) is 0. The first-order chi connectivity index (χ1) is 9.06. The van der Waals surface area contributed by atoms with Crippen LogP contribution in [0.5, 0.6) is 0 Å². The van der Waals surface area contributed by atoms with Gasteiger partial charge in [-0.3, -0.25) is 0 Å². The molecule has 0 amide bonds. The van der Waals surface area contributed by atoms with Gasteiger partial charge in [0, 0.05) is 12.0 Å². The molecule has 3 nitrogen and oxygen atoms in total. The van der Waals surface area contributed by atoms with Crippen LogP contribution in [0.25, 0.3) is 11.1 Å². The summed E-state index contributed by atoms with van der Waals surface area (Å²) in [6, 6.07) is 3.32. The molecule has 0 spiro atoms. The van der Waals surface area contributed by atoms with E-state index in [9.17, 15) is 8.78 Å². The predicted octanol–water partition coefficient (Wildman–Crippen LogP) is 3.72. The van der Waals surface area contributed by atoms with Gasteiger partial charge in [-0.2, -0.15) is 0 Å². The number of rotatable bonds is 3. The maximum atomic E-state index is 13.3. The van der Waals surface area contributed by atoms with Gasteiger partial charge >= 0.3 is 0 Å². The number of nitrogens with two attached hydrogens (primary N) is 1. The van der Waals surface area contributed by atoms with E-state index in [1.165, 1.54) is 12.1 Å². The largest absolute Gasteiger partial charge is 0.367 e. The van der Waals surface area contributed by atoms with Crippen molar-refractivity contribution in [3.8, 4) is 11.1 Å². The number of aromatic nitrogens is 1. The summed E-state index contributed by atoms with van der Waals surface area (Å²) in [7, 11) is 0. The van der Waals surface area contributed by atoms with Crippen molar-refractivity contribution in [1.29, 1.82) is 0 Å². The lowest BCUT2D eigenvalue weighted by Gasteiger charge is -2.09. The fourth-order valence-corrected chi connectivity index (χ4v) is 2.43. The first-order valence-corrected chi connectivity index (χ1v) is 6.27. The molecule has 1 atom stereocenters. The second kappa shape index (κ2) is 4.33. The highest BCUT2D eigenvalue weighted by Crippen LogP contribution is 2.45. The minimum atomic E-state index is -0.638. The Kier molecular flexibility index (Phi) is 2.77. The minimum Gasteiger partial charge on any atom is -0.367 e. The number of nitrogen functional groups attached to an aromatic ring is 1. The molecule has 1 aromatic heterocycles. The molecule has 1 aliphatic carbocycles. The van der Waals surface area contributed by atoms with Crippen LogP contribution in [0.2, 0.25) is 0 Å². The van der Waals surface area contributed by atoms with Gasteiger partial charge in [0.25, 0.3) is 0 Å². The Morgan fingerprint density at radius 3 is 2.47 bits per heavy atom. The van der Waals surface area contributed by atoms with Crippen molar-refractivity contribution in [3.05, 3.63) is 35.5 Å². The average molecular weight is 264 g/mol. The normalized spacial score (nSPS) is 16.6. The smallest absolute Gasteiger partial charge is 0.230 e. The van der Waals surface area contributed by atoms with Crippen LogP contribution >= 0.6 is 0 Å². The Morgan fingerprint density at radius 1 is 1.26 bits per heavy atom. The van der Waals surface area contributed by atoms with Crippen molar-refractivity contribution < 1.29 is 13.3 Å². The molecule has 3 rings (SSSR count). The van der Waals surface area contributed by atoms with Crippen molar-refractivity contribution in [2.24, 2.45) is 5.92 Å². The molecule has 5 heteroatoms. The Bertz CT molecular complexity index is 600. The zero-order chi connectivity index (χ0) is 13.6. The maximum Gasteiger partial charge on any atom is 0.230 e. The molecule has 0 saturated heterocycles. The summed E-state index contributed by atoms with van der Waals surface area (Å²) in [5.41, 5.74) is 7.33. The molecule has 1 unspecified atom stereocenters. The van der Waals surface area contributed by atoms with Gasteiger partial charge in [-0.15, -0.1) is 0 Å². The fourth-order valence-electron chi connectivity index (χ4n) is 2.43. The molecule has 1 heterocycles. The standard InChI is InChI=1S/C14H14F2N2O/c1-7(8-2-3-8)13-12(14(17)19-18-13)9-4-10(15)6-11(16)5-9/h4-8H,2-3,17H2,1H3. The number of anilines is 1. The molecule has 1 aromatic carbocycles. The van der Waals surface area contributed by atoms with Gasteiger partial charge in [-0.05, 0) is 36.5 Å². The molecule has 2 aromatic rings. The molecule has 100 valence electrons. The number of halogens is 2. The molecular formula is C14H14F2N2O. The fraction of sp³-hybridized carbons (Fsp3) is 0.357. The highest BCUT2D eigenvalue weighted by atomic mass is 19.1. The lowest BCUT2D eigenvalue weighted by Crippen LogP contribution is -1.99. The van der Waals surface area contributed by atoms with E-state index >= 15 is 0 Å². The molecule has 1 saturated carbocycles. The minimum absolute atomic E-state index is 0.104. The summed E-state index contributed by atoms with van der Waals surface area (Å²) >= 11 is 0. The van der Waals surface area contributed by atoms with Gasteiger partial charge in [0.05, 0.1) is 11.3 Å². The first kappa shape index (κ1) is 12.1. The Hall–Kier alpha value is -1.91. The van der Waals surface area contributed by atoms with Crippen LogP contribution in [0.3, 0.4) is 0 Å². The van der Waals surface area contributed by atoms with E-state index in [0.29, 0.717) is 22.7 Å². The van der Waals surface area contributed by atoms with Crippen LogP contribution in [0.15, 0.2) is 22.7 Å². The van der Waals surface area contributed by atoms with Crippen molar-refractivity contribution >= 4 is 5.88 Å². The quantitative estimate of drug-likeness (QED) is 0.919. The lowest BCUT2D eigenvalue weighted by atomic mass is 9.94. The van der Waals surface area contributed by atoms with Crippen LogP contribution < -0.4 is 5.73 Å². The zero-order valence-electron chi connectivity index (χ0n) is 10.5. The molecule has 0 aliphatic heterocycles. The van der Waals surface area contributed by atoms with Crippen molar-refractivity contribution in [3.63, 3.8) is 0 Å². The van der Waals surface area contributed by atoms with E-state index in [4.69, 9.17) is 10.3 Å². The van der Waals surface area contributed by atoms with Gasteiger partial charge in [-0.25, -0.2) is 8.78 Å². The Morgan fingerprint density at radius 2 is 1.89 bits per heavy atom. The van der Waals surface area contributed by atoms with Crippen LogP contribution in [0.4, 0.5) is 14.7 Å². The van der Waals surface area contributed by atoms with Gasteiger partial charge in [0.15, 0.2) is 0 Å².